The molecule has 2 aromatic rings. The first kappa shape index (κ1) is 20.4. The molecule has 0 spiro atoms. The number of nitrogens with zero attached hydrogens (tertiary/aromatic N) is 1. The molecule has 0 saturated carbocycles. The molecule has 140 valence electrons. The molecule has 0 aliphatic carbocycles. The lowest BCUT2D eigenvalue weighted by molar-refractivity contribution is -0.114. The van der Waals surface area contributed by atoms with Gasteiger partial charge in [-0.25, -0.2) is 8.42 Å². The number of carbonyl (C=O) groups excluding carboxylic acids is 1. The molecular weight excluding hydrogens is 399 g/mol. The van der Waals surface area contributed by atoms with Gasteiger partial charge in [0.15, 0.2) is 0 Å². The fraction of sp³-hybridized carbons (Fsp3) is 0.235. The molecule has 9 heteroatoms. The topological polar surface area (TPSA) is 75.7 Å². The Balaban J connectivity index is 2.34. The smallest absolute Gasteiger partial charge is 0.245 e. The Labute approximate surface area is 162 Å². The van der Waals surface area contributed by atoms with E-state index in [0.29, 0.717) is 15.7 Å². The summed E-state index contributed by atoms with van der Waals surface area (Å²) in [5.74, 6) is -0.241. The minimum absolute atomic E-state index is 0.181. The summed E-state index contributed by atoms with van der Waals surface area (Å²) >= 11 is 11.9. The van der Waals surface area contributed by atoms with E-state index < -0.39 is 22.5 Å². The lowest BCUT2D eigenvalue weighted by Gasteiger charge is -2.24. The summed E-state index contributed by atoms with van der Waals surface area (Å²) in [4.78, 5) is 12.5. The second-order valence-electron chi connectivity index (χ2n) is 5.59. The number of hydrogen-bond donors (Lipinski definition) is 1. The van der Waals surface area contributed by atoms with E-state index >= 15 is 0 Å². The van der Waals surface area contributed by atoms with Crippen molar-refractivity contribution in [2.24, 2.45) is 0 Å². The van der Waals surface area contributed by atoms with Gasteiger partial charge in [-0.1, -0.05) is 29.3 Å². The van der Waals surface area contributed by atoms with Gasteiger partial charge in [0.1, 0.15) is 12.3 Å². The number of ether oxygens (including phenoxy) is 1. The van der Waals surface area contributed by atoms with Crippen LogP contribution in [0, 0.1) is 6.92 Å². The van der Waals surface area contributed by atoms with Gasteiger partial charge in [0.05, 0.1) is 19.1 Å². The molecule has 0 saturated heterocycles. The van der Waals surface area contributed by atoms with Crippen LogP contribution in [0.4, 0.5) is 11.4 Å². The van der Waals surface area contributed by atoms with Crippen molar-refractivity contribution in [3.05, 3.63) is 52.0 Å². The van der Waals surface area contributed by atoms with Crippen molar-refractivity contribution in [3.63, 3.8) is 0 Å². The predicted molar refractivity (Wildman–Crippen MR) is 105 cm³/mol. The number of halogens is 2. The molecule has 26 heavy (non-hydrogen) atoms. The number of hydrogen-bond acceptors (Lipinski definition) is 4. The Morgan fingerprint density at radius 3 is 2.38 bits per heavy atom. The number of amides is 1. The maximum atomic E-state index is 12.5. The first-order valence-electron chi connectivity index (χ1n) is 7.49. The summed E-state index contributed by atoms with van der Waals surface area (Å²) in [6.45, 7) is 1.36. The molecule has 1 N–H and O–H groups in total. The number of rotatable bonds is 6. The second kappa shape index (κ2) is 8.16. The Morgan fingerprint density at radius 2 is 1.77 bits per heavy atom. The molecule has 0 aliphatic heterocycles. The molecular formula is C17H18Cl2N2O4S. The van der Waals surface area contributed by atoms with Crippen LogP contribution in [0.3, 0.4) is 0 Å². The zero-order chi connectivity index (χ0) is 19.5. The highest BCUT2D eigenvalue weighted by atomic mass is 35.5. The lowest BCUT2D eigenvalue weighted by atomic mass is 10.2. The molecule has 0 atom stereocenters. The predicted octanol–water partition coefficient (Wildman–Crippen LogP) is 3.72. The number of methoxy groups -OCH3 is 1. The fourth-order valence-electron chi connectivity index (χ4n) is 2.29. The van der Waals surface area contributed by atoms with Crippen molar-refractivity contribution in [3.8, 4) is 5.75 Å². The van der Waals surface area contributed by atoms with Gasteiger partial charge >= 0.3 is 0 Å². The zero-order valence-electron chi connectivity index (χ0n) is 14.4. The molecule has 0 bridgehead atoms. The monoisotopic (exact) mass is 416 g/mol. The number of anilines is 2. The van der Waals surface area contributed by atoms with E-state index in [1.54, 1.807) is 31.2 Å². The number of nitrogens with one attached hydrogen (secondary N) is 1. The van der Waals surface area contributed by atoms with E-state index in [4.69, 9.17) is 27.9 Å². The highest BCUT2D eigenvalue weighted by molar-refractivity contribution is 7.92. The molecule has 0 aromatic heterocycles. The zero-order valence-corrected chi connectivity index (χ0v) is 16.7. The van der Waals surface area contributed by atoms with Crippen molar-refractivity contribution in [1.29, 1.82) is 0 Å². The van der Waals surface area contributed by atoms with Crippen molar-refractivity contribution in [2.75, 3.05) is 29.5 Å². The van der Waals surface area contributed by atoms with Crippen LogP contribution in [0.15, 0.2) is 36.4 Å². The lowest BCUT2D eigenvalue weighted by Crippen LogP contribution is -2.37. The quantitative estimate of drug-likeness (QED) is 0.778. The standard InChI is InChI=1S/C17H18Cl2N2O4S/c1-11-4-5-12(18)8-14(11)20-17(22)10-21(26(3,23)24)15-9-13(19)6-7-16(15)25-2/h4-9H,10H2,1-3H3,(H,20,22). The molecule has 1 amide bonds. The van der Waals surface area contributed by atoms with E-state index in [0.717, 1.165) is 16.1 Å². The molecule has 0 fully saturated rings. The van der Waals surface area contributed by atoms with Crippen LogP contribution in [-0.4, -0.2) is 34.2 Å². The van der Waals surface area contributed by atoms with E-state index in [2.05, 4.69) is 5.32 Å². The van der Waals surface area contributed by atoms with Crippen LogP contribution in [-0.2, 0) is 14.8 Å². The van der Waals surface area contributed by atoms with E-state index in [1.165, 1.54) is 19.2 Å². The summed E-state index contributed by atoms with van der Waals surface area (Å²) in [6.07, 6.45) is 1.01. The highest BCUT2D eigenvalue weighted by Gasteiger charge is 2.24. The van der Waals surface area contributed by atoms with Gasteiger partial charge in [0, 0.05) is 15.7 Å². The average molecular weight is 417 g/mol. The third kappa shape index (κ3) is 5.03. The maximum absolute atomic E-state index is 12.5. The van der Waals surface area contributed by atoms with Crippen molar-refractivity contribution < 1.29 is 17.9 Å². The van der Waals surface area contributed by atoms with E-state index in [9.17, 15) is 13.2 Å². The largest absolute Gasteiger partial charge is 0.495 e. The highest BCUT2D eigenvalue weighted by Crippen LogP contribution is 2.32. The molecule has 2 aromatic carbocycles. The van der Waals surface area contributed by atoms with E-state index in [-0.39, 0.29) is 11.4 Å². The minimum atomic E-state index is -3.77. The Morgan fingerprint density at radius 1 is 1.15 bits per heavy atom. The van der Waals surface area contributed by atoms with Crippen molar-refractivity contribution in [1.82, 2.24) is 0 Å². The van der Waals surface area contributed by atoms with Crippen LogP contribution in [0.1, 0.15) is 5.56 Å². The summed E-state index contributed by atoms with van der Waals surface area (Å²) in [5, 5.41) is 3.45. The molecule has 0 radical (unpaired) electrons. The number of sulfonamides is 1. The molecule has 2 rings (SSSR count). The summed E-state index contributed by atoms with van der Waals surface area (Å²) < 4.78 is 30.6. The van der Waals surface area contributed by atoms with Gasteiger partial charge in [0.2, 0.25) is 15.9 Å². The van der Waals surface area contributed by atoms with Crippen LogP contribution in [0.5, 0.6) is 5.75 Å². The maximum Gasteiger partial charge on any atom is 0.245 e. The van der Waals surface area contributed by atoms with Gasteiger partial charge in [-0.05, 0) is 42.8 Å². The third-order valence-electron chi connectivity index (χ3n) is 3.57. The Kier molecular flexibility index (Phi) is 6.39. The Bertz CT molecular complexity index is 932. The Hall–Kier alpha value is -1.96. The van der Waals surface area contributed by atoms with Crippen LogP contribution < -0.4 is 14.4 Å². The number of benzene rings is 2. The van der Waals surface area contributed by atoms with Crippen LogP contribution >= 0.6 is 23.2 Å². The van der Waals surface area contributed by atoms with E-state index in [1.807, 2.05) is 0 Å². The van der Waals surface area contributed by atoms with Gasteiger partial charge < -0.3 is 10.1 Å². The fourth-order valence-corrected chi connectivity index (χ4v) is 3.48. The third-order valence-corrected chi connectivity index (χ3v) is 5.17. The normalized spacial score (nSPS) is 11.1. The van der Waals surface area contributed by atoms with Gasteiger partial charge in [-0.15, -0.1) is 0 Å². The number of carbonyl (C=O) groups is 1. The summed E-state index contributed by atoms with van der Waals surface area (Å²) in [7, 11) is -2.36. The number of aryl methyl sites for hydroxylation is 1. The minimum Gasteiger partial charge on any atom is -0.495 e. The summed E-state index contributed by atoms with van der Waals surface area (Å²) in [5.41, 5.74) is 1.49. The van der Waals surface area contributed by atoms with Crippen LogP contribution in [0.2, 0.25) is 10.0 Å². The van der Waals surface area contributed by atoms with Gasteiger partial charge in [-0.2, -0.15) is 0 Å². The second-order valence-corrected chi connectivity index (χ2v) is 8.37. The average Bonchev–Trinajstić information content (AvgIpc) is 2.55. The SMILES string of the molecule is COc1ccc(Cl)cc1N(CC(=O)Nc1cc(Cl)ccc1C)S(C)(=O)=O. The first-order chi connectivity index (χ1) is 12.1. The molecule has 0 heterocycles. The molecule has 0 aliphatic rings. The van der Waals surface area contributed by atoms with Crippen molar-refractivity contribution in [2.45, 2.75) is 6.92 Å². The molecule has 6 nitrogen and oxygen atoms in total. The molecule has 0 unspecified atom stereocenters. The van der Waals surface area contributed by atoms with Crippen molar-refractivity contribution >= 4 is 50.5 Å². The van der Waals surface area contributed by atoms with Gasteiger partial charge in [-0.3, -0.25) is 9.10 Å². The van der Waals surface area contributed by atoms with Crippen LogP contribution in [0.25, 0.3) is 0 Å². The first-order valence-corrected chi connectivity index (χ1v) is 10.1. The summed E-state index contributed by atoms with van der Waals surface area (Å²) in [6, 6.07) is 9.59. The van der Waals surface area contributed by atoms with Gasteiger partial charge in [0.25, 0.3) is 0 Å².